The Morgan fingerprint density at radius 1 is 0.879 bits per heavy atom. The van der Waals surface area contributed by atoms with Gasteiger partial charge in [0.05, 0.1) is 0 Å². The van der Waals surface area contributed by atoms with Gasteiger partial charge in [0.1, 0.15) is 5.75 Å². The van der Waals surface area contributed by atoms with E-state index >= 15 is 0 Å². The molecule has 0 aliphatic carbocycles. The summed E-state index contributed by atoms with van der Waals surface area (Å²) in [6.07, 6.45) is -5.28. The van der Waals surface area contributed by atoms with E-state index in [9.17, 15) is 26.7 Å². The minimum absolute atomic E-state index is 0. The first-order valence-electron chi connectivity index (χ1n) is 9.43. The third kappa shape index (κ3) is 6.43. The van der Waals surface area contributed by atoms with Crippen molar-refractivity contribution < 1.29 is 71.8 Å². The molecule has 0 aromatic heterocycles. The average Bonchev–Trinajstić information content (AvgIpc) is 2.63. The van der Waals surface area contributed by atoms with E-state index in [0.717, 1.165) is 27.8 Å². The van der Waals surface area contributed by atoms with Gasteiger partial charge in [0.15, 0.2) is 11.6 Å². The zero-order chi connectivity index (χ0) is 23.8. The standard InChI is InChI=1S/C24H18F5O3.La/c1-12-7-14(3)21(15(4)8-12)16-5-6-18(13(2)9-16)23(30)31-17-10-19(25)22(20(26)11-17)32-24(27,28)29;/h5,7-11H,1-4H3;/q-1;. The topological polar surface area (TPSA) is 35.5 Å². The number of alkyl halides is 3. The maximum absolute atomic E-state index is 13.9. The van der Waals surface area contributed by atoms with Crippen molar-refractivity contribution in [3.05, 3.63) is 81.9 Å². The quantitative estimate of drug-likeness (QED) is 0.146. The van der Waals surface area contributed by atoms with Crippen LogP contribution in [0.5, 0.6) is 11.5 Å². The Bertz CT molecular complexity index is 1160. The van der Waals surface area contributed by atoms with Crippen LogP contribution in [0.25, 0.3) is 11.1 Å². The summed E-state index contributed by atoms with van der Waals surface area (Å²) >= 11 is 0. The van der Waals surface area contributed by atoms with Gasteiger partial charge in [0.25, 0.3) is 5.97 Å². The van der Waals surface area contributed by atoms with Gasteiger partial charge in [-0.15, -0.1) is 36.9 Å². The van der Waals surface area contributed by atoms with Crippen LogP contribution in [0, 0.1) is 81.0 Å². The molecular formula is C24H18F5LaO3-. The van der Waals surface area contributed by atoms with Crippen LogP contribution in [0.2, 0.25) is 0 Å². The minimum atomic E-state index is -5.28. The Balaban J connectivity index is 0.00000385. The Morgan fingerprint density at radius 3 is 1.91 bits per heavy atom. The number of carbonyl (C=O) groups excluding carboxylic acids is 1. The van der Waals surface area contributed by atoms with E-state index in [2.05, 4.69) is 10.8 Å². The van der Waals surface area contributed by atoms with E-state index in [4.69, 9.17) is 4.74 Å². The number of benzene rings is 3. The number of hydrogen-bond donors (Lipinski definition) is 0. The summed E-state index contributed by atoms with van der Waals surface area (Å²) in [5, 5.41) is 0. The first-order valence-corrected chi connectivity index (χ1v) is 9.43. The van der Waals surface area contributed by atoms with Crippen LogP contribution < -0.4 is 9.47 Å². The van der Waals surface area contributed by atoms with E-state index in [0.29, 0.717) is 17.7 Å². The largest absolute Gasteiger partial charge is 0.573 e. The van der Waals surface area contributed by atoms with Gasteiger partial charge in [0.2, 0.25) is 5.75 Å². The van der Waals surface area contributed by atoms with E-state index in [-0.39, 0.29) is 41.2 Å². The van der Waals surface area contributed by atoms with Gasteiger partial charge in [-0.25, -0.2) is 8.78 Å². The van der Waals surface area contributed by atoms with Gasteiger partial charge in [-0.1, -0.05) is 52.4 Å². The molecule has 0 aliphatic heterocycles. The summed E-state index contributed by atoms with van der Waals surface area (Å²) < 4.78 is 72.7. The number of carbonyl (C=O) groups is 1. The Labute approximate surface area is 215 Å². The second-order valence-corrected chi connectivity index (χ2v) is 7.37. The third-order valence-electron chi connectivity index (χ3n) is 4.71. The van der Waals surface area contributed by atoms with Crippen molar-refractivity contribution in [3.63, 3.8) is 0 Å². The van der Waals surface area contributed by atoms with Crippen LogP contribution in [0.4, 0.5) is 22.0 Å². The van der Waals surface area contributed by atoms with Crippen molar-refractivity contribution in [1.29, 1.82) is 0 Å². The molecule has 0 amide bonds. The first-order chi connectivity index (χ1) is 14.9. The van der Waals surface area contributed by atoms with Crippen molar-refractivity contribution in [3.8, 4) is 22.6 Å². The Morgan fingerprint density at radius 2 is 1.42 bits per heavy atom. The number of aryl methyl sites for hydroxylation is 4. The molecular weight excluding hydrogens is 570 g/mol. The third-order valence-corrected chi connectivity index (χ3v) is 4.71. The summed E-state index contributed by atoms with van der Waals surface area (Å²) in [4.78, 5) is 12.5. The van der Waals surface area contributed by atoms with Gasteiger partial charge in [-0.2, -0.15) is 0 Å². The maximum atomic E-state index is 13.9. The van der Waals surface area contributed by atoms with Crippen molar-refractivity contribution in [2.75, 3.05) is 0 Å². The van der Waals surface area contributed by atoms with Gasteiger partial charge in [-0.3, -0.25) is 0 Å². The molecule has 3 nitrogen and oxygen atoms in total. The molecule has 171 valence electrons. The van der Waals surface area contributed by atoms with Crippen molar-refractivity contribution in [1.82, 2.24) is 0 Å². The molecule has 0 spiro atoms. The molecule has 0 atom stereocenters. The molecule has 3 aromatic carbocycles. The predicted octanol–water partition coefficient (Wildman–Crippen LogP) is 6.78. The molecule has 3 rings (SSSR count). The van der Waals surface area contributed by atoms with Crippen LogP contribution in [0.1, 0.15) is 32.6 Å². The molecule has 0 bridgehead atoms. The SMILES string of the molecule is Cc1cc(C)c(-c2c[c-]c(C(=O)Oc3cc(F)c(OC(F)(F)F)c(F)c3)c(C)c2)c(C)c1.[La]. The van der Waals surface area contributed by atoms with E-state index < -0.39 is 35.5 Å². The smallest absolute Gasteiger partial charge is 0.467 e. The van der Waals surface area contributed by atoms with Gasteiger partial charge in [-0.05, 0) is 20.8 Å². The Hall–Kier alpha value is -2.23. The molecule has 1 radical (unpaired) electrons. The van der Waals surface area contributed by atoms with Gasteiger partial charge >= 0.3 is 6.36 Å². The number of hydrogen-bond acceptors (Lipinski definition) is 3. The molecule has 0 saturated heterocycles. The van der Waals surface area contributed by atoms with E-state index in [1.807, 2.05) is 32.9 Å². The van der Waals surface area contributed by atoms with Gasteiger partial charge < -0.3 is 14.3 Å². The van der Waals surface area contributed by atoms with E-state index in [1.165, 1.54) is 0 Å². The fourth-order valence-corrected chi connectivity index (χ4v) is 3.58. The number of esters is 1. The maximum Gasteiger partial charge on any atom is 0.573 e. The van der Waals surface area contributed by atoms with Crippen LogP contribution in [-0.4, -0.2) is 12.3 Å². The summed E-state index contributed by atoms with van der Waals surface area (Å²) in [6.45, 7) is 7.59. The second kappa shape index (κ2) is 10.4. The second-order valence-electron chi connectivity index (χ2n) is 7.37. The molecule has 33 heavy (non-hydrogen) atoms. The molecule has 9 heteroatoms. The van der Waals surface area contributed by atoms with Crippen LogP contribution in [-0.2, 0) is 0 Å². The summed E-state index contributed by atoms with van der Waals surface area (Å²) in [5.41, 5.74) is 5.59. The van der Waals surface area contributed by atoms with Crippen LogP contribution in [0.3, 0.4) is 0 Å². The van der Waals surface area contributed by atoms with Crippen molar-refractivity contribution in [2.24, 2.45) is 0 Å². The number of ether oxygens (including phenoxy) is 2. The molecule has 0 N–H and O–H groups in total. The Kier molecular flexibility index (Phi) is 8.49. The first kappa shape index (κ1) is 27.0. The molecule has 0 fully saturated rings. The van der Waals surface area contributed by atoms with Crippen molar-refractivity contribution >= 4 is 5.97 Å². The molecule has 3 aromatic rings. The minimum Gasteiger partial charge on any atom is -0.467 e. The summed E-state index contributed by atoms with van der Waals surface area (Å²) in [7, 11) is 0. The number of rotatable bonds is 4. The monoisotopic (exact) mass is 588 g/mol. The molecule has 0 aliphatic rings. The summed E-state index contributed by atoms with van der Waals surface area (Å²) in [6, 6.07) is 11.1. The molecule has 0 saturated carbocycles. The fraction of sp³-hybridized carbons (Fsp3) is 0.208. The normalized spacial score (nSPS) is 11.1. The molecule has 0 heterocycles. The average molecular weight is 588 g/mol. The van der Waals surface area contributed by atoms with Crippen LogP contribution >= 0.6 is 0 Å². The number of halogens is 5. The fourth-order valence-electron chi connectivity index (χ4n) is 3.58. The van der Waals surface area contributed by atoms with Gasteiger partial charge in [0, 0.05) is 47.7 Å². The zero-order valence-corrected chi connectivity index (χ0v) is 21.8. The van der Waals surface area contributed by atoms with Crippen molar-refractivity contribution in [2.45, 2.75) is 34.1 Å². The predicted molar refractivity (Wildman–Crippen MR) is 108 cm³/mol. The van der Waals surface area contributed by atoms with E-state index in [1.54, 1.807) is 19.1 Å². The molecule has 0 unspecified atom stereocenters. The summed E-state index contributed by atoms with van der Waals surface area (Å²) in [5.74, 6) is -6.53. The zero-order valence-electron chi connectivity index (χ0n) is 18.2. The van der Waals surface area contributed by atoms with Crippen LogP contribution in [0.15, 0.2) is 36.4 Å².